The Kier molecular flexibility index (Phi) is 8.19. The zero-order valence-corrected chi connectivity index (χ0v) is 18.5. The van der Waals surface area contributed by atoms with Crippen LogP contribution < -0.4 is 15.5 Å². The molecule has 2 atom stereocenters. The molecule has 2 N–H and O–H groups in total. The lowest BCUT2D eigenvalue weighted by Gasteiger charge is -2.25. The molecule has 1 aromatic rings. The zero-order chi connectivity index (χ0) is 16.8. The number of rotatable bonds is 5. The van der Waals surface area contributed by atoms with Crippen molar-refractivity contribution in [2.75, 3.05) is 43.9 Å². The van der Waals surface area contributed by atoms with Crippen LogP contribution in [-0.2, 0) is 0 Å². The topological polar surface area (TPSA) is 39.7 Å². The Bertz CT molecular complexity index is 546. The van der Waals surface area contributed by atoms with E-state index in [0.29, 0.717) is 10.7 Å². The molecule has 0 radical (unpaired) electrons. The van der Waals surface area contributed by atoms with Gasteiger partial charge in [-0.3, -0.25) is 4.99 Å². The molecule has 0 saturated carbocycles. The number of nitrogens with zero attached hydrogens (tertiary/aromatic N) is 2. The van der Waals surface area contributed by atoms with Gasteiger partial charge in [-0.1, -0.05) is 18.2 Å². The molecule has 2 fully saturated rings. The first kappa shape index (κ1) is 20.7. The van der Waals surface area contributed by atoms with Crippen LogP contribution in [0.2, 0.25) is 0 Å². The van der Waals surface area contributed by atoms with E-state index in [1.165, 1.54) is 30.7 Å². The summed E-state index contributed by atoms with van der Waals surface area (Å²) in [5.41, 5.74) is 1.34. The summed E-state index contributed by atoms with van der Waals surface area (Å²) in [4.78, 5) is 6.87. The van der Waals surface area contributed by atoms with Gasteiger partial charge in [-0.25, -0.2) is 0 Å². The highest BCUT2D eigenvalue weighted by molar-refractivity contribution is 14.0. The van der Waals surface area contributed by atoms with E-state index in [1.54, 1.807) is 0 Å². The largest absolute Gasteiger partial charge is 0.371 e. The first-order valence-corrected chi connectivity index (χ1v) is 10.1. The lowest BCUT2D eigenvalue weighted by molar-refractivity contribution is 0.553. The third-order valence-corrected chi connectivity index (χ3v) is 6.66. The molecule has 0 aliphatic carbocycles. The highest BCUT2D eigenvalue weighted by atomic mass is 127. The van der Waals surface area contributed by atoms with Crippen LogP contribution in [0.3, 0.4) is 0 Å². The van der Waals surface area contributed by atoms with E-state index in [1.807, 2.05) is 7.05 Å². The molecule has 140 valence electrons. The Morgan fingerprint density at radius 3 is 2.80 bits per heavy atom. The second-order valence-electron chi connectivity index (χ2n) is 7.14. The van der Waals surface area contributed by atoms with Gasteiger partial charge in [-0.15, -0.1) is 24.0 Å². The quantitative estimate of drug-likeness (QED) is 0.389. The van der Waals surface area contributed by atoms with E-state index in [0.717, 1.165) is 32.1 Å². The fraction of sp³-hybridized carbons (Fsp3) is 0.632. The van der Waals surface area contributed by atoms with Crippen molar-refractivity contribution in [1.29, 1.82) is 0 Å². The summed E-state index contributed by atoms with van der Waals surface area (Å²) in [6.07, 6.45) is 3.88. The van der Waals surface area contributed by atoms with Crippen LogP contribution >= 0.6 is 35.7 Å². The highest BCUT2D eigenvalue weighted by Gasteiger charge is 2.29. The van der Waals surface area contributed by atoms with Crippen LogP contribution in [0.25, 0.3) is 0 Å². The van der Waals surface area contributed by atoms with Crippen LogP contribution in [0.4, 0.5) is 5.69 Å². The third-order valence-electron chi connectivity index (χ3n) is 5.12. The summed E-state index contributed by atoms with van der Waals surface area (Å²) >= 11 is 2.09. The maximum absolute atomic E-state index is 4.39. The molecule has 0 bridgehead atoms. The van der Waals surface area contributed by atoms with Crippen molar-refractivity contribution >= 4 is 47.4 Å². The maximum atomic E-state index is 4.39. The Labute approximate surface area is 173 Å². The van der Waals surface area contributed by atoms with Crippen molar-refractivity contribution < 1.29 is 0 Å². The number of benzene rings is 1. The molecule has 2 aliphatic heterocycles. The molecule has 6 heteroatoms. The number of hydrogen-bond donors (Lipinski definition) is 2. The standard InChI is InChI=1S/C19H30N4S.HI/c1-19(10-6-12-24-19)15-22-18(20-2)21-13-16-9-11-23(14-16)17-7-4-3-5-8-17;/h3-5,7-8,16H,6,9-15H2,1-2H3,(H2,20,21,22);1H. The molecule has 25 heavy (non-hydrogen) atoms. The Morgan fingerprint density at radius 2 is 2.12 bits per heavy atom. The van der Waals surface area contributed by atoms with E-state index in [4.69, 9.17) is 0 Å². The van der Waals surface area contributed by atoms with Crippen LogP contribution in [0.5, 0.6) is 0 Å². The highest BCUT2D eigenvalue weighted by Crippen LogP contribution is 2.36. The van der Waals surface area contributed by atoms with Gasteiger partial charge >= 0.3 is 0 Å². The number of para-hydroxylation sites is 1. The van der Waals surface area contributed by atoms with Gasteiger partial charge in [0.05, 0.1) is 0 Å². The van der Waals surface area contributed by atoms with Crippen molar-refractivity contribution in [3.63, 3.8) is 0 Å². The predicted molar refractivity (Wildman–Crippen MR) is 122 cm³/mol. The minimum atomic E-state index is 0. The van der Waals surface area contributed by atoms with E-state index in [-0.39, 0.29) is 24.0 Å². The minimum Gasteiger partial charge on any atom is -0.371 e. The third kappa shape index (κ3) is 5.94. The van der Waals surface area contributed by atoms with Gasteiger partial charge in [0.2, 0.25) is 0 Å². The normalized spacial score (nSPS) is 26.4. The first-order valence-electron chi connectivity index (χ1n) is 9.07. The van der Waals surface area contributed by atoms with Gasteiger partial charge in [0.25, 0.3) is 0 Å². The summed E-state index contributed by atoms with van der Waals surface area (Å²) in [6.45, 7) is 6.63. The average molecular weight is 474 g/mol. The van der Waals surface area contributed by atoms with Crippen molar-refractivity contribution in [3.8, 4) is 0 Å². The molecular weight excluding hydrogens is 443 g/mol. The number of nitrogens with one attached hydrogen (secondary N) is 2. The molecule has 4 nitrogen and oxygen atoms in total. The lowest BCUT2D eigenvalue weighted by Crippen LogP contribution is -2.45. The summed E-state index contributed by atoms with van der Waals surface area (Å²) in [5.74, 6) is 2.92. The number of anilines is 1. The zero-order valence-electron chi connectivity index (χ0n) is 15.3. The van der Waals surface area contributed by atoms with Gasteiger partial charge in [0.15, 0.2) is 5.96 Å². The second kappa shape index (κ2) is 9.90. The van der Waals surface area contributed by atoms with E-state index in [9.17, 15) is 0 Å². The molecule has 0 amide bonds. The molecule has 1 aromatic carbocycles. The predicted octanol–water partition coefficient (Wildman–Crippen LogP) is 3.58. The van der Waals surface area contributed by atoms with Crippen molar-refractivity contribution in [1.82, 2.24) is 10.6 Å². The summed E-state index contributed by atoms with van der Waals surface area (Å²) < 4.78 is 0.370. The SMILES string of the molecule is CN=C(NCC1CCN(c2ccccc2)C1)NCC1(C)CCCS1.I. The van der Waals surface area contributed by atoms with Gasteiger partial charge in [0.1, 0.15) is 0 Å². The maximum Gasteiger partial charge on any atom is 0.191 e. The Hall–Kier alpha value is -0.630. The van der Waals surface area contributed by atoms with Gasteiger partial charge in [0, 0.05) is 43.7 Å². The summed E-state index contributed by atoms with van der Waals surface area (Å²) in [7, 11) is 1.87. The number of thioether (sulfide) groups is 1. The van der Waals surface area contributed by atoms with Crippen LogP contribution in [-0.4, -0.2) is 49.7 Å². The Balaban J connectivity index is 0.00000225. The lowest BCUT2D eigenvalue weighted by atomic mass is 10.1. The molecule has 0 aromatic heterocycles. The van der Waals surface area contributed by atoms with Crippen molar-refractivity contribution in [3.05, 3.63) is 30.3 Å². The van der Waals surface area contributed by atoms with Crippen LogP contribution in [0.15, 0.2) is 35.3 Å². The minimum absolute atomic E-state index is 0. The molecule has 2 unspecified atom stereocenters. The molecule has 3 rings (SSSR count). The average Bonchev–Trinajstić information content (AvgIpc) is 3.26. The number of hydrogen-bond acceptors (Lipinski definition) is 3. The van der Waals surface area contributed by atoms with Gasteiger partial charge in [-0.05, 0) is 50.0 Å². The molecule has 2 heterocycles. The number of aliphatic imine (C=N–C) groups is 1. The molecule has 0 spiro atoms. The summed E-state index contributed by atoms with van der Waals surface area (Å²) in [6, 6.07) is 10.7. The molecule has 2 aliphatic rings. The molecular formula is C19H31IN4S. The van der Waals surface area contributed by atoms with Gasteiger partial charge in [-0.2, -0.15) is 11.8 Å². The Morgan fingerprint density at radius 1 is 1.32 bits per heavy atom. The second-order valence-corrected chi connectivity index (χ2v) is 8.83. The van der Waals surface area contributed by atoms with E-state index >= 15 is 0 Å². The fourth-order valence-corrected chi connectivity index (χ4v) is 4.83. The van der Waals surface area contributed by atoms with Crippen molar-refractivity contribution in [2.24, 2.45) is 10.9 Å². The van der Waals surface area contributed by atoms with E-state index < -0.39 is 0 Å². The first-order chi connectivity index (χ1) is 11.7. The van der Waals surface area contributed by atoms with Crippen molar-refractivity contribution in [2.45, 2.75) is 30.9 Å². The fourth-order valence-electron chi connectivity index (χ4n) is 3.58. The van der Waals surface area contributed by atoms with Crippen LogP contribution in [0.1, 0.15) is 26.2 Å². The molecule has 2 saturated heterocycles. The summed E-state index contributed by atoms with van der Waals surface area (Å²) in [5, 5.41) is 7.05. The monoisotopic (exact) mass is 474 g/mol. The van der Waals surface area contributed by atoms with Crippen LogP contribution in [0, 0.1) is 5.92 Å². The number of guanidine groups is 1. The number of halogens is 1. The van der Waals surface area contributed by atoms with Gasteiger partial charge < -0.3 is 15.5 Å². The smallest absolute Gasteiger partial charge is 0.191 e. The van der Waals surface area contributed by atoms with E-state index in [2.05, 4.69) is 69.5 Å².